The number of ether oxygens (including phenoxy) is 2. The molecule has 1 atom stereocenters. The largest absolute Gasteiger partial charge is 0.496 e. The Hall–Kier alpha value is -3.91. The fraction of sp³-hybridized carbons (Fsp3) is 0.520. The number of rotatable bonds is 6. The van der Waals surface area contributed by atoms with Crippen molar-refractivity contribution in [3.63, 3.8) is 0 Å². The number of nitrogens with zero attached hydrogens (tertiary/aromatic N) is 3. The van der Waals surface area contributed by atoms with E-state index < -0.39 is 0 Å². The molecule has 0 spiro atoms. The molecule has 1 unspecified atom stereocenters. The third-order valence-electron chi connectivity index (χ3n) is 13.8. The number of aryl methyl sites for hydroxylation is 6. The first kappa shape index (κ1) is 43.2. The van der Waals surface area contributed by atoms with E-state index in [-0.39, 0.29) is 22.9 Å². The predicted molar refractivity (Wildman–Crippen MR) is 243 cm³/mol. The van der Waals surface area contributed by atoms with Crippen LogP contribution in [0.25, 0.3) is 5.57 Å². The van der Waals surface area contributed by atoms with Gasteiger partial charge in [0.15, 0.2) is 0 Å². The molecular formula is C50H65B2N4O3. The molecule has 4 heterocycles. The molecule has 0 bridgehead atoms. The van der Waals surface area contributed by atoms with E-state index in [1.54, 1.807) is 7.11 Å². The number of aromatic nitrogens is 2. The minimum atomic E-state index is -0.387. The van der Waals surface area contributed by atoms with Crippen LogP contribution in [0.3, 0.4) is 0 Å². The summed E-state index contributed by atoms with van der Waals surface area (Å²) in [5.41, 5.74) is 19.0. The summed E-state index contributed by atoms with van der Waals surface area (Å²) in [6.07, 6.45) is 18.2. The first-order chi connectivity index (χ1) is 27.8. The van der Waals surface area contributed by atoms with Crippen molar-refractivity contribution < 1.29 is 14.5 Å². The van der Waals surface area contributed by atoms with Crippen LogP contribution in [0.2, 0.25) is 6.82 Å². The summed E-state index contributed by atoms with van der Waals surface area (Å²) in [4.78, 5) is 12.3. The van der Waals surface area contributed by atoms with E-state index in [0.717, 1.165) is 93.7 Å². The van der Waals surface area contributed by atoms with Crippen LogP contribution in [0.15, 0.2) is 54.4 Å². The lowest BCUT2D eigenvalue weighted by molar-refractivity contribution is 0.329. The molecule has 0 amide bonds. The fourth-order valence-corrected chi connectivity index (χ4v) is 10.5. The standard InChI is InChI=1S/C25H31BN2O2.C24H30N2O.CH4.B/c1-16-12-19-6-7-20-14-21(17-4-5-17)15-27-25(20)24(23(19)22(13-16)30-3)18-8-10-28(11-9-18)26(2)29;1-15-11-18-5-6-19-13-20(16-3-4-16)14-26-24(19)23(17-7-9-25-10-8-17)22(18)21(12-15)27-2;;/h12-15,17,29H,4-11H2,1-3H3;11-14,16-17,23,25H,3-10H2,1-2H3;1H4;. The van der Waals surface area contributed by atoms with E-state index in [9.17, 15) is 5.02 Å². The molecule has 6 aliphatic rings. The number of methoxy groups -OCH3 is 2. The van der Waals surface area contributed by atoms with Gasteiger partial charge in [0.05, 0.1) is 25.6 Å². The van der Waals surface area contributed by atoms with Crippen molar-refractivity contribution in [1.82, 2.24) is 20.1 Å². The van der Waals surface area contributed by atoms with Crippen LogP contribution in [0, 0.1) is 19.8 Å². The van der Waals surface area contributed by atoms with Crippen molar-refractivity contribution in [3.8, 4) is 11.5 Å². The number of piperidine rings is 2. The van der Waals surface area contributed by atoms with Gasteiger partial charge in [-0.15, -0.1) is 0 Å². The minimum absolute atomic E-state index is 0. The average molecular weight is 792 g/mol. The SMILES string of the molecule is C.COc1cc(C)cc2c1C(=C1CCN(B(C)O)CC1)c1ncc(C3CC3)cc1CC2.COc1cc(C)cc2c1C(C1CCNCC1)c1ncc(C3CC3)cc1CC2.[B]. The lowest BCUT2D eigenvalue weighted by Crippen LogP contribution is -2.41. The molecule has 10 rings (SSSR count). The molecule has 3 radical (unpaired) electrons. The summed E-state index contributed by atoms with van der Waals surface area (Å²) in [5.74, 6) is 4.51. The zero-order chi connectivity index (χ0) is 39.2. The summed E-state index contributed by atoms with van der Waals surface area (Å²) in [6, 6.07) is 14.0. The summed E-state index contributed by atoms with van der Waals surface area (Å²) in [6.45, 7) is 10.2. The Morgan fingerprint density at radius 2 is 1.25 bits per heavy atom. The number of hydrogen-bond donors (Lipinski definition) is 2. The van der Waals surface area contributed by atoms with E-state index >= 15 is 0 Å². The third-order valence-corrected chi connectivity index (χ3v) is 13.8. The van der Waals surface area contributed by atoms with Gasteiger partial charge in [0.25, 0.3) is 0 Å². The third kappa shape index (κ3) is 8.95. The van der Waals surface area contributed by atoms with Gasteiger partial charge in [-0.25, -0.2) is 0 Å². The Morgan fingerprint density at radius 1 is 0.695 bits per heavy atom. The summed E-state index contributed by atoms with van der Waals surface area (Å²) < 4.78 is 11.8. The minimum Gasteiger partial charge on any atom is -0.496 e. The molecule has 2 saturated carbocycles. The lowest BCUT2D eigenvalue weighted by Gasteiger charge is -2.33. The monoisotopic (exact) mass is 792 g/mol. The second-order valence-corrected chi connectivity index (χ2v) is 17.9. The van der Waals surface area contributed by atoms with Crippen molar-refractivity contribution in [2.45, 2.75) is 123 Å². The van der Waals surface area contributed by atoms with Crippen LogP contribution in [-0.4, -0.2) is 75.7 Å². The summed E-state index contributed by atoms with van der Waals surface area (Å²) in [7, 11) is 3.22. The first-order valence-electron chi connectivity index (χ1n) is 22.0. The molecule has 4 aliphatic carbocycles. The smallest absolute Gasteiger partial charge is 0.376 e. The van der Waals surface area contributed by atoms with Crippen LogP contribution in [0.4, 0.5) is 0 Å². The molecule has 4 fully saturated rings. The van der Waals surface area contributed by atoms with Crippen molar-refractivity contribution in [3.05, 3.63) is 121 Å². The van der Waals surface area contributed by atoms with Crippen LogP contribution >= 0.6 is 0 Å². The van der Waals surface area contributed by atoms with Crippen molar-refractivity contribution in [2.24, 2.45) is 5.92 Å². The maximum absolute atomic E-state index is 10.0. The topological polar surface area (TPSA) is 79.7 Å². The molecular weight excluding hydrogens is 726 g/mol. The molecule has 2 aliphatic heterocycles. The first-order valence-corrected chi connectivity index (χ1v) is 22.0. The normalized spacial score (nSPS) is 20.1. The van der Waals surface area contributed by atoms with Crippen LogP contribution in [0.5, 0.6) is 11.5 Å². The van der Waals surface area contributed by atoms with Gasteiger partial charge in [-0.05, 0) is 198 Å². The molecule has 7 nitrogen and oxygen atoms in total. The molecule has 2 saturated heterocycles. The highest BCUT2D eigenvalue weighted by Gasteiger charge is 2.36. The van der Waals surface area contributed by atoms with E-state index in [1.807, 2.05) is 13.9 Å². The Bertz CT molecular complexity index is 2160. The van der Waals surface area contributed by atoms with Gasteiger partial charge in [-0.2, -0.15) is 0 Å². The van der Waals surface area contributed by atoms with E-state index in [1.165, 1.54) is 111 Å². The molecule has 59 heavy (non-hydrogen) atoms. The zero-order valence-corrected chi connectivity index (χ0v) is 35.5. The summed E-state index contributed by atoms with van der Waals surface area (Å²) in [5, 5.41) is 13.5. The summed E-state index contributed by atoms with van der Waals surface area (Å²) >= 11 is 0. The number of hydrogen-bond acceptors (Lipinski definition) is 7. The van der Waals surface area contributed by atoms with Gasteiger partial charge >= 0.3 is 7.05 Å². The highest BCUT2D eigenvalue weighted by molar-refractivity contribution is 6.45. The van der Waals surface area contributed by atoms with Gasteiger partial charge in [-0.3, -0.25) is 9.97 Å². The number of benzene rings is 2. The Morgan fingerprint density at radius 3 is 1.88 bits per heavy atom. The molecule has 2 aromatic heterocycles. The highest BCUT2D eigenvalue weighted by atomic mass is 16.5. The molecule has 2 aromatic carbocycles. The van der Waals surface area contributed by atoms with E-state index in [4.69, 9.17) is 19.4 Å². The Labute approximate surface area is 356 Å². The predicted octanol–water partition coefficient (Wildman–Crippen LogP) is 9.14. The maximum Gasteiger partial charge on any atom is 0.376 e. The quantitative estimate of drug-likeness (QED) is 0.189. The second-order valence-electron chi connectivity index (χ2n) is 17.9. The maximum atomic E-state index is 10.0. The molecule has 4 aromatic rings. The van der Waals surface area contributed by atoms with Gasteiger partial charge in [-0.1, -0.05) is 37.3 Å². The average Bonchev–Trinajstić information content (AvgIpc) is 4.14. The van der Waals surface area contributed by atoms with Gasteiger partial charge in [0, 0.05) is 43.4 Å². The van der Waals surface area contributed by atoms with Crippen molar-refractivity contribution >= 4 is 21.0 Å². The van der Waals surface area contributed by atoms with Crippen LogP contribution < -0.4 is 14.8 Å². The van der Waals surface area contributed by atoms with Gasteiger partial charge in [0.1, 0.15) is 11.5 Å². The van der Waals surface area contributed by atoms with Gasteiger partial charge < -0.3 is 24.6 Å². The zero-order valence-electron chi connectivity index (χ0n) is 35.5. The van der Waals surface area contributed by atoms with Crippen LogP contribution in [-0.2, 0) is 25.7 Å². The number of nitrogens with one attached hydrogen (secondary N) is 1. The Balaban J connectivity index is 0.000000174. The van der Waals surface area contributed by atoms with E-state index in [2.05, 4.69) is 72.8 Å². The number of pyridine rings is 2. The van der Waals surface area contributed by atoms with Crippen molar-refractivity contribution in [2.75, 3.05) is 40.4 Å². The molecule has 9 heteroatoms. The highest BCUT2D eigenvalue weighted by Crippen LogP contribution is 2.48. The number of fused-ring (bicyclic) bond motifs is 4. The van der Waals surface area contributed by atoms with E-state index in [0.29, 0.717) is 11.8 Å². The molecule has 309 valence electrons. The van der Waals surface area contributed by atoms with Crippen molar-refractivity contribution in [1.29, 1.82) is 0 Å². The van der Waals surface area contributed by atoms with Gasteiger partial charge in [0.2, 0.25) is 0 Å². The lowest BCUT2D eigenvalue weighted by atomic mass is 9.76. The molecule has 2 N–H and O–H groups in total. The Kier molecular flexibility index (Phi) is 13.4. The second kappa shape index (κ2) is 18.4. The fourth-order valence-electron chi connectivity index (χ4n) is 10.5. The van der Waals surface area contributed by atoms with Crippen LogP contribution in [0.1, 0.15) is 144 Å².